The molecule has 0 fully saturated rings. The smallest absolute Gasteiger partial charge is 0.130 e. The van der Waals surface area contributed by atoms with E-state index in [4.69, 9.17) is 0 Å². The zero-order chi connectivity index (χ0) is 13.3. The average Bonchev–Trinajstić information content (AvgIpc) is 2.32. The summed E-state index contributed by atoms with van der Waals surface area (Å²) in [7, 11) is 0. The van der Waals surface area contributed by atoms with Gasteiger partial charge in [0.1, 0.15) is 5.82 Å². The molecule has 18 heavy (non-hydrogen) atoms. The van der Waals surface area contributed by atoms with E-state index in [0.717, 1.165) is 5.56 Å². The summed E-state index contributed by atoms with van der Waals surface area (Å²) < 4.78 is 14.1. The van der Waals surface area contributed by atoms with Gasteiger partial charge in [0.25, 0.3) is 0 Å². The molecule has 0 aliphatic heterocycles. The number of halogens is 2. The molecular formula is C16H16BrF. The average molecular weight is 307 g/mol. The van der Waals surface area contributed by atoms with Crippen molar-refractivity contribution < 1.29 is 4.39 Å². The van der Waals surface area contributed by atoms with Crippen LogP contribution in [0.2, 0.25) is 0 Å². The summed E-state index contributed by atoms with van der Waals surface area (Å²) in [5, 5.41) is 0. The zero-order valence-electron chi connectivity index (χ0n) is 10.8. The predicted octanol–water partition coefficient (Wildman–Crippen LogP) is 5.24. The second-order valence-corrected chi connectivity index (χ2v) is 5.62. The Morgan fingerprint density at radius 2 is 1.67 bits per heavy atom. The van der Waals surface area contributed by atoms with Crippen LogP contribution < -0.4 is 0 Å². The molecule has 0 N–H and O–H groups in total. The Morgan fingerprint density at radius 1 is 0.944 bits per heavy atom. The normalized spacial score (nSPS) is 12.5. The van der Waals surface area contributed by atoms with Crippen LogP contribution in [0, 0.1) is 26.6 Å². The maximum atomic E-state index is 14.1. The van der Waals surface area contributed by atoms with Crippen LogP contribution in [-0.2, 0) is 0 Å². The highest BCUT2D eigenvalue weighted by molar-refractivity contribution is 9.09. The highest BCUT2D eigenvalue weighted by atomic mass is 79.9. The van der Waals surface area contributed by atoms with Crippen molar-refractivity contribution in [2.75, 3.05) is 0 Å². The maximum Gasteiger partial charge on any atom is 0.130 e. The summed E-state index contributed by atoms with van der Waals surface area (Å²) in [5.74, 6) is -0.126. The molecule has 0 saturated carbocycles. The number of hydrogen-bond donors (Lipinski definition) is 0. The van der Waals surface area contributed by atoms with Gasteiger partial charge in [-0.2, -0.15) is 0 Å². The Hall–Kier alpha value is -1.15. The summed E-state index contributed by atoms with van der Waals surface area (Å²) in [6, 6.07) is 11.8. The first kappa shape index (κ1) is 13.3. The Bertz CT molecular complexity index is 575. The van der Waals surface area contributed by atoms with Gasteiger partial charge in [-0.3, -0.25) is 0 Å². The van der Waals surface area contributed by atoms with E-state index in [0.29, 0.717) is 11.1 Å². The van der Waals surface area contributed by atoms with Gasteiger partial charge in [0, 0.05) is 5.56 Å². The quantitative estimate of drug-likeness (QED) is 0.666. The molecule has 2 rings (SSSR count). The van der Waals surface area contributed by atoms with E-state index in [2.05, 4.69) is 48.0 Å². The van der Waals surface area contributed by atoms with Crippen molar-refractivity contribution in [1.29, 1.82) is 0 Å². The van der Waals surface area contributed by atoms with Crippen LogP contribution in [0.3, 0.4) is 0 Å². The lowest BCUT2D eigenvalue weighted by atomic mass is 9.97. The second kappa shape index (κ2) is 5.23. The number of hydrogen-bond acceptors (Lipinski definition) is 0. The Labute approximate surface area is 116 Å². The third kappa shape index (κ3) is 2.49. The number of alkyl halides is 1. The highest BCUT2D eigenvalue weighted by Gasteiger charge is 2.17. The first-order valence-electron chi connectivity index (χ1n) is 5.97. The molecule has 2 aromatic rings. The standard InChI is InChI=1S/C16H16BrF/c1-10-7-8-13(12(3)9-10)15(17)14-6-4-5-11(2)16(14)18/h4-9,15H,1-3H3. The molecule has 0 aliphatic carbocycles. The van der Waals surface area contributed by atoms with Crippen molar-refractivity contribution >= 4 is 15.9 Å². The van der Waals surface area contributed by atoms with E-state index in [-0.39, 0.29) is 10.6 Å². The Kier molecular flexibility index (Phi) is 3.86. The van der Waals surface area contributed by atoms with Crippen LogP contribution in [0.15, 0.2) is 36.4 Å². The molecule has 0 amide bonds. The van der Waals surface area contributed by atoms with Gasteiger partial charge >= 0.3 is 0 Å². The summed E-state index contributed by atoms with van der Waals surface area (Å²) in [6.07, 6.45) is 0. The van der Waals surface area contributed by atoms with Crippen LogP contribution in [-0.4, -0.2) is 0 Å². The van der Waals surface area contributed by atoms with Gasteiger partial charge in [0.2, 0.25) is 0 Å². The van der Waals surface area contributed by atoms with Crippen molar-refractivity contribution in [3.05, 3.63) is 70.0 Å². The molecule has 0 saturated heterocycles. The highest BCUT2D eigenvalue weighted by Crippen LogP contribution is 2.35. The lowest BCUT2D eigenvalue weighted by molar-refractivity contribution is 0.604. The first-order chi connectivity index (χ1) is 8.50. The molecule has 0 radical (unpaired) electrons. The molecule has 0 nitrogen and oxygen atoms in total. The van der Waals surface area contributed by atoms with E-state index < -0.39 is 0 Å². The van der Waals surface area contributed by atoms with Gasteiger partial charge < -0.3 is 0 Å². The van der Waals surface area contributed by atoms with Crippen LogP contribution in [0.4, 0.5) is 4.39 Å². The molecule has 0 bridgehead atoms. The molecule has 1 atom stereocenters. The lowest BCUT2D eigenvalue weighted by Gasteiger charge is -2.15. The van der Waals surface area contributed by atoms with Crippen LogP contribution in [0.25, 0.3) is 0 Å². The van der Waals surface area contributed by atoms with E-state index in [1.165, 1.54) is 11.1 Å². The van der Waals surface area contributed by atoms with Crippen LogP contribution >= 0.6 is 15.9 Å². The molecule has 0 heterocycles. The van der Waals surface area contributed by atoms with Gasteiger partial charge in [0.15, 0.2) is 0 Å². The number of rotatable bonds is 2. The van der Waals surface area contributed by atoms with E-state index in [1.54, 1.807) is 13.0 Å². The van der Waals surface area contributed by atoms with E-state index in [9.17, 15) is 4.39 Å². The minimum Gasteiger partial charge on any atom is -0.206 e. The molecule has 0 aromatic heterocycles. The molecule has 2 aromatic carbocycles. The number of benzene rings is 2. The van der Waals surface area contributed by atoms with Crippen molar-refractivity contribution in [3.63, 3.8) is 0 Å². The topological polar surface area (TPSA) is 0 Å². The number of aryl methyl sites for hydroxylation is 3. The molecule has 0 spiro atoms. The minimum absolute atomic E-state index is 0.0991. The SMILES string of the molecule is Cc1ccc(C(Br)c2cccc(C)c2F)c(C)c1. The van der Waals surface area contributed by atoms with E-state index in [1.807, 2.05) is 12.1 Å². The van der Waals surface area contributed by atoms with Crippen molar-refractivity contribution in [2.24, 2.45) is 0 Å². The van der Waals surface area contributed by atoms with Crippen LogP contribution in [0.5, 0.6) is 0 Å². The van der Waals surface area contributed by atoms with Crippen molar-refractivity contribution in [2.45, 2.75) is 25.6 Å². The first-order valence-corrected chi connectivity index (χ1v) is 6.88. The summed E-state index contributed by atoms with van der Waals surface area (Å²) >= 11 is 3.61. The largest absolute Gasteiger partial charge is 0.206 e. The fraction of sp³-hybridized carbons (Fsp3) is 0.250. The summed E-state index contributed by atoms with van der Waals surface area (Å²) in [5.41, 5.74) is 4.90. The Morgan fingerprint density at radius 3 is 2.33 bits per heavy atom. The van der Waals surface area contributed by atoms with Crippen LogP contribution in [0.1, 0.15) is 32.6 Å². The third-order valence-corrected chi connectivity index (χ3v) is 4.18. The van der Waals surface area contributed by atoms with Crippen molar-refractivity contribution in [3.8, 4) is 0 Å². The lowest BCUT2D eigenvalue weighted by Crippen LogP contribution is -2.00. The zero-order valence-corrected chi connectivity index (χ0v) is 12.4. The Balaban J connectivity index is 2.48. The van der Waals surface area contributed by atoms with Gasteiger partial charge in [0.05, 0.1) is 4.83 Å². The summed E-state index contributed by atoms with van der Waals surface area (Å²) in [4.78, 5) is -0.0991. The second-order valence-electron chi connectivity index (χ2n) is 4.70. The third-order valence-electron chi connectivity index (χ3n) is 3.19. The molecule has 1 unspecified atom stereocenters. The molecule has 0 aliphatic rings. The van der Waals surface area contributed by atoms with E-state index >= 15 is 0 Å². The molecular weight excluding hydrogens is 291 g/mol. The van der Waals surface area contributed by atoms with Gasteiger partial charge in [-0.25, -0.2) is 4.39 Å². The fourth-order valence-electron chi connectivity index (χ4n) is 2.14. The predicted molar refractivity (Wildman–Crippen MR) is 77.8 cm³/mol. The molecule has 94 valence electrons. The van der Waals surface area contributed by atoms with Gasteiger partial charge in [-0.1, -0.05) is 57.9 Å². The maximum absolute atomic E-state index is 14.1. The fourth-order valence-corrected chi connectivity index (χ4v) is 3.01. The monoisotopic (exact) mass is 306 g/mol. The van der Waals surface area contributed by atoms with Gasteiger partial charge in [-0.05, 0) is 37.5 Å². The summed E-state index contributed by atoms with van der Waals surface area (Å²) in [6.45, 7) is 5.91. The van der Waals surface area contributed by atoms with Crippen molar-refractivity contribution in [1.82, 2.24) is 0 Å². The molecule has 2 heteroatoms. The van der Waals surface area contributed by atoms with Gasteiger partial charge in [-0.15, -0.1) is 0 Å². The minimum atomic E-state index is -0.126.